The average Bonchev–Trinajstić information content (AvgIpc) is 3.12. The van der Waals surface area contributed by atoms with Crippen LogP contribution in [0.4, 0.5) is 5.69 Å². The van der Waals surface area contributed by atoms with E-state index in [1.165, 1.54) is 13.0 Å². The highest BCUT2D eigenvalue weighted by Crippen LogP contribution is 2.30. The fourth-order valence-corrected chi connectivity index (χ4v) is 3.77. The van der Waals surface area contributed by atoms with Crippen molar-refractivity contribution in [3.8, 4) is 0 Å². The quantitative estimate of drug-likeness (QED) is 0.855. The first-order valence-corrected chi connectivity index (χ1v) is 9.05. The van der Waals surface area contributed by atoms with Crippen LogP contribution in [-0.4, -0.2) is 37.6 Å². The molecule has 1 N–H and O–H groups in total. The molecule has 3 rings (SSSR count). The molecule has 0 bridgehead atoms. The molecule has 1 aliphatic rings. The Morgan fingerprint density at radius 3 is 2.88 bits per heavy atom. The Morgan fingerprint density at radius 2 is 2.21 bits per heavy atom. The SMILES string of the molecule is CC(=O)N1CCc2cc(S(=O)(=O)NCCc3nc(C)no3)ccc21. The Balaban J connectivity index is 1.70. The van der Waals surface area contributed by atoms with Gasteiger partial charge in [0.2, 0.25) is 21.8 Å². The van der Waals surface area contributed by atoms with Crippen LogP contribution in [0.3, 0.4) is 0 Å². The van der Waals surface area contributed by atoms with Crippen molar-refractivity contribution in [2.45, 2.75) is 31.6 Å². The van der Waals surface area contributed by atoms with Gasteiger partial charge in [0.25, 0.3) is 0 Å². The van der Waals surface area contributed by atoms with Gasteiger partial charge in [-0.1, -0.05) is 5.16 Å². The van der Waals surface area contributed by atoms with Crippen LogP contribution < -0.4 is 9.62 Å². The molecule has 128 valence electrons. The lowest BCUT2D eigenvalue weighted by molar-refractivity contribution is -0.116. The zero-order chi connectivity index (χ0) is 17.3. The molecule has 0 fully saturated rings. The lowest BCUT2D eigenvalue weighted by atomic mass is 10.2. The van der Waals surface area contributed by atoms with E-state index < -0.39 is 10.0 Å². The maximum absolute atomic E-state index is 12.4. The largest absolute Gasteiger partial charge is 0.339 e. The second kappa shape index (κ2) is 6.33. The summed E-state index contributed by atoms with van der Waals surface area (Å²) in [5, 5.41) is 3.65. The van der Waals surface area contributed by atoms with Crippen LogP contribution in [0.1, 0.15) is 24.2 Å². The number of anilines is 1. The molecule has 0 atom stereocenters. The summed E-state index contributed by atoms with van der Waals surface area (Å²) in [5.74, 6) is 0.861. The molecule has 8 nitrogen and oxygen atoms in total. The van der Waals surface area contributed by atoms with Crippen LogP contribution in [0.2, 0.25) is 0 Å². The summed E-state index contributed by atoms with van der Waals surface area (Å²) in [6.45, 7) is 3.95. The highest BCUT2D eigenvalue weighted by Gasteiger charge is 2.24. The van der Waals surface area contributed by atoms with E-state index in [0.29, 0.717) is 31.1 Å². The van der Waals surface area contributed by atoms with Crippen LogP contribution in [0.15, 0.2) is 27.6 Å². The normalized spacial score (nSPS) is 14.0. The molecule has 0 aliphatic carbocycles. The van der Waals surface area contributed by atoms with Gasteiger partial charge >= 0.3 is 0 Å². The second-order valence-corrected chi connectivity index (χ2v) is 7.36. The predicted molar refractivity (Wildman–Crippen MR) is 86.1 cm³/mol. The minimum absolute atomic E-state index is 0.0441. The fourth-order valence-electron chi connectivity index (χ4n) is 2.69. The number of sulfonamides is 1. The summed E-state index contributed by atoms with van der Waals surface area (Å²) < 4.78 is 32.2. The maximum atomic E-state index is 12.4. The number of carbonyl (C=O) groups is 1. The molecular formula is C15H18N4O4S. The Labute approximate surface area is 139 Å². The van der Waals surface area contributed by atoms with Crippen LogP contribution in [0, 0.1) is 6.92 Å². The highest BCUT2D eigenvalue weighted by molar-refractivity contribution is 7.89. The van der Waals surface area contributed by atoms with Gasteiger partial charge < -0.3 is 9.42 Å². The lowest BCUT2D eigenvalue weighted by Gasteiger charge is -2.15. The monoisotopic (exact) mass is 350 g/mol. The molecule has 1 amide bonds. The highest BCUT2D eigenvalue weighted by atomic mass is 32.2. The standard InChI is InChI=1S/C15H18N4O4S/c1-10-17-15(23-18-10)5-7-16-24(21,22)13-3-4-14-12(9-13)6-8-19(14)11(2)20/h3-4,9,16H,5-8H2,1-2H3. The molecule has 0 radical (unpaired) electrons. The van der Waals surface area contributed by atoms with E-state index in [1.807, 2.05) is 0 Å². The molecule has 2 heterocycles. The molecule has 0 saturated heterocycles. The number of benzene rings is 1. The number of carbonyl (C=O) groups excluding carboxylic acids is 1. The predicted octanol–water partition coefficient (Wildman–Crippen LogP) is 0.808. The summed E-state index contributed by atoms with van der Waals surface area (Å²) in [5.41, 5.74) is 1.64. The number of nitrogens with zero attached hydrogens (tertiary/aromatic N) is 3. The van der Waals surface area contributed by atoms with E-state index in [1.54, 1.807) is 24.0 Å². The Morgan fingerprint density at radius 1 is 1.42 bits per heavy atom. The minimum atomic E-state index is -3.63. The average molecular weight is 350 g/mol. The van der Waals surface area contributed by atoms with Crippen molar-refractivity contribution >= 4 is 21.6 Å². The van der Waals surface area contributed by atoms with E-state index in [4.69, 9.17) is 4.52 Å². The number of aryl methyl sites for hydroxylation is 1. The number of amides is 1. The third kappa shape index (κ3) is 3.31. The van der Waals surface area contributed by atoms with Gasteiger partial charge in [0.15, 0.2) is 5.82 Å². The first-order valence-electron chi connectivity index (χ1n) is 7.57. The molecule has 0 saturated carbocycles. The van der Waals surface area contributed by atoms with Crippen molar-refractivity contribution < 1.29 is 17.7 Å². The van der Waals surface area contributed by atoms with Crippen molar-refractivity contribution in [1.82, 2.24) is 14.9 Å². The Kier molecular flexibility index (Phi) is 4.37. The molecule has 1 aromatic heterocycles. The molecule has 2 aromatic rings. The van der Waals surface area contributed by atoms with E-state index in [2.05, 4.69) is 14.9 Å². The molecule has 24 heavy (non-hydrogen) atoms. The van der Waals surface area contributed by atoms with E-state index in [9.17, 15) is 13.2 Å². The zero-order valence-corrected chi connectivity index (χ0v) is 14.3. The van der Waals surface area contributed by atoms with Crippen molar-refractivity contribution in [1.29, 1.82) is 0 Å². The van der Waals surface area contributed by atoms with Crippen molar-refractivity contribution in [2.75, 3.05) is 18.0 Å². The lowest BCUT2D eigenvalue weighted by Crippen LogP contribution is -2.26. The van der Waals surface area contributed by atoms with Crippen LogP contribution in [0.25, 0.3) is 0 Å². The van der Waals surface area contributed by atoms with Gasteiger partial charge in [-0.05, 0) is 37.1 Å². The summed E-state index contributed by atoms with van der Waals surface area (Å²) in [6, 6.07) is 4.82. The topological polar surface area (TPSA) is 105 Å². The number of fused-ring (bicyclic) bond motifs is 1. The summed E-state index contributed by atoms with van der Waals surface area (Å²) in [4.78, 5) is 17.4. The van der Waals surface area contributed by atoms with Gasteiger partial charge in [0.05, 0.1) is 4.90 Å². The number of rotatable bonds is 5. The van der Waals surface area contributed by atoms with E-state index >= 15 is 0 Å². The first kappa shape index (κ1) is 16.6. The van der Waals surface area contributed by atoms with Gasteiger partial charge in [-0.25, -0.2) is 13.1 Å². The van der Waals surface area contributed by atoms with Crippen molar-refractivity contribution in [2.24, 2.45) is 0 Å². The van der Waals surface area contributed by atoms with Crippen molar-refractivity contribution in [3.63, 3.8) is 0 Å². The third-order valence-corrected chi connectivity index (χ3v) is 5.30. The molecule has 0 spiro atoms. The smallest absolute Gasteiger partial charge is 0.240 e. The van der Waals surface area contributed by atoms with E-state index in [-0.39, 0.29) is 17.3 Å². The Hall–Kier alpha value is -2.26. The number of aromatic nitrogens is 2. The maximum Gasteiger partial charge on any atom is 0.240 e. The van der Waals surface area contributed by atoms with Gasteiger partial charge in [0.1, 0.15) is 0 Å². The molecule has 1 aliphatic heterocycles. The van der Waals surface area contributed by atoms with Gasteiger partial charge in [0, 0.05) is 32.1 Å². The fraction of sp³-hybridized carbons (Fsp3) is 0.400. The van der Waals surface area contributed by atoms with Gasteiger partial charge in [-0.15, -0.1) is 0 Å². The van der Waals surface area contributed by atoms with Crippen LogP contribution in [0.5, 0.6) is 0 Å². The molecule has 1 aromatic carbocycles. The Bertz CT molecular complexity index is 875. The number of hydrogen-bond donors (Lipinski definition) is 1. The summed E-state index contributed by atoms with van der Waals surface area (Å²) in [7, 11) is -3.63. The third-order valence-electron chi connectivity index (χ3n) is 3.84. The summed E-state index contributed by atoms with van der Waals surface area (Å²) in [6.07, 6.45) is 0.975. The van der Waals surface area contributed by atoms with Gasteiger partial charge in [-0.2, -0.15) is 4.98 Å². The number of hydrogen-bond acceptors (Lipinski definition) is 6. The molecular weight excluding hydrogens is 332 g/mol. The summed E-state index contributed by atoms with van der Waals surface area (Å²) >= 11 is 0. The van der Waals surface area contributed by atoms with Crippen LogP contribution in [-0.2, 0) is 27.7 Å². The minimum Gasteiger partial charge on any atom is -0.339 e. The number of nitrogens with one attached hydrogen (secondary N) is 1. The van der Waals surface area contributed by atoms with E-state index in [0.717, 1.165) is 11.3 Å². The molecule has 9 heteroatoms. The van der Waals surface area contributed by atoms with Crippen LogP contribution >= 0.6 is 0 Å². The van der Waals surface area contributed by atoms with Gasteiger partial charge in [-0.3, -0.25) is 4.79 Å². The molecule has 0 unspecified atom stereocenters. The zero-order valence-electron chi connectivity index (χ0n) is 13.4. The second-order valence-electron chi connectivity index (χ2n) is 5.59. The first-order chi connectivity index (χ1) is 11.4. The van der Waals surface area contributed by atoms with Crippen molar-refractivity contribution in [3.05, 3.63) is 35.5 Å².